The zero-order valence-corrected chi connectivity index (χ0v) is 12.0. The van der Waals surface area contributed by atoms with Crippen molar-refractivity contribution < 1.29 is 18.3 Å². The summed E-state index contributed by atoms with van der Waals surface area (Å²) in [5, 5.41) is 0. The van der Waals surface area contributed by atoms with Gasteiger partial charge in [0.25, 0.3) is 5.91 Å². The Labute approximate surface area is 122 Å². The predicted octanol–water partition coefficient (Wildman–Crippen LogP) is 1.15. The standard InChI is InChI=1S/C14H19F2N3O2/c1-21-10-9-18-5-2-6-19(8-7-18)14(20)11-3-4-17-13(16)12(11)15/h3-4H,2,5-10H2,1H3. The second-order valence-corrected chi connectivity index (χ2v) is 4.94. The van der Waals surface area contributed by atoms with Gasteiger partial charge < -0.3 is 9.64 Å². The summed E-state index contributed by atoms with van der Waals surface area (Å²) in [4.78, 5) is 19.2. The average molecular weight is 299 g/mol. The number of rotatable bonds is 4. The highest BCUT2D eigenvalue weighted by molar-refractivity contribution is 5.94. The molecule has 0 saturated carbocycles. The van der Waals surface area contributed by atoms with Gasteiger partial charge in [0.15, 0.2) is 5.82 Å². The Morgan fingerprint density at radius 3 is 2.90 bits per heavy atom. The average Bonchev–Trinajstić information content (AvgIpc) is 2.73. The lowest BCUT2D eigenvalue weighted by molar-refractivity contribution is 0.0753. The maximum Gasteiger partial charge on any atom is 0.257 e. The quantitative estimate of drug-likeness (QED) is 0.783. The number of halogens is 2. The maximum atomic E-state index is 13.6. The van der Waals surface area contributed by atoms with E-state index in [1.165, 1.54) is 6.07 Å². The van der Waals surface area contributed by atoms with Gasteiger partial charge in [-0.05, 0) is 19.0 Å². The van der Waals surface area contributed by atoms with Crippen LogP contribution < -0.4 is 0 Å². The Balaban J connectivity index is 2.01. The lowest BCUT2D eigenvalue weighted by Gasteiger charge is -2.22. The largest absolute Gasteiger partial charge is 0.383 e. The van der Waals surface area contributed by atoms with Gasteiger partial charge in [0.2, 0.25) is 5.95 Å². The summed E-state index contributed by atoms with van der Waals surface area (Å²) in [6.45, 7) is 4.02. The minimum absolute atomic E-state index is 0.257. The monoisotopic (exact) mass is 299 g/mol. The van der Waals surface area contributed by atoms with Gasteiger partial charge in [-0.3, -0.25) is 9.69 Å². The molecule has 0 N–H and O–H groups in total. The van der Waals surface area contributed by atoms with Crippen molar-refractivity contribution in [3.8, 4) is 0 Å². The lowest BCUT2D eigenvalue weighted by Crippen LogP contribution is -2.36. The van der Waals surface area contributed by atoms with E-state index in [4.69, 9.17) is 4.74 Å². The van der Waals surface area contributed by atoms with Crippen molar-refractivity contribution in [1.82, 2.24) is 14.8 Å². The molecule has 5 nitrogen and oxygen atoms in total. The molecule has 0 bridgehead atoms. The van der Waals surface area contributed by atoms with Crippen LogP contribution in [0.2, 0.25) is 0 Å². The van der Waals surface area contributed by atoms with Crippen LogP contribution in [0.3, 0.4) is 0 Å². The molecule has 0 radical (unpaired) electrons. The summed E-state index contributed by atoms with van der Waals surface area (Å²) in [5.41, 5.74) is -0.257. The van der Waals surface area contributed by atoms with Crippen molar-refractivity contribution in [2.24, 2.45) is 0 Å². The first-order chi connectivity index (χ1) is 10.1. The molecule has 1 aliphatic heterocycles. The molecule has 0 aliphatic carbocycles. The van der Waals surface area contributed by atoms with E-state index in [0.29, 0.717) is 26.2 Å². The number of hydrogen-bond acceptors (Lipinski definition) is 4. The van der Waals surface area contributed by atoms with Crippen LogP contribution in [0.25, 0.3) is 0 Å². The smallest absolute Gasteiger partial charge is 0.257 e. The molecular formula is C14H19F2N3O2. The van der Waals surface area contributed by atoms with Crippen molar-refractivity contribution in [3.05, 3.63) is 29.6 Å². The number of carbonyl (C=O) groups excluding carboxylic acids is 1. The van der Waals surface area contributed by atoms with Crippen LogP contribution in [0, 0.1) is 11.8 Å². The fraction of sp³-hybridized carbons (Fsp3) is 0.571. The number of hydrogen-bond donors (Lipinski definition) is 0. The van der Waals surface area contributed by atoms with E-state index in [1.54, 1.807) is 12.0 Å². The topological polar surface area (TPSA) is 45.7 Å². The highest BCUT2D eigenvalue weighted by atomic mass is 19.2. The summed E-state index contributed by atoms with van der Waals surface area (Å²) in [5.74, 6) is -2.90. The minimum atomic E-state index is -1.24. The van der Waals surface area contributed by atoms with Gasteiger partial charge in [-0.15, -0.1) is 0 Å². The first-order valence-corrected chi connectivity index (χ1v) is 6.94. The van der Waals surface area contributed by atoms with Crippen molar-refractivity contribution >= 4 is 5.91 Å². The Kier molecular flexibility index (Phi) is 5.58. The third kappa shape index (κ3) is 3.95. The van der Waals surface area contributed by atoms with E-state index in [-0.39, 0.29) is 5.56 Å². The zero-order chi connectivity index (χ0) is 15.2. The summed E-state index contributed by atoms with van der Waals surface area (Å²) in [6, 6.07) is 1.22. The first kappa shape index (κ1) is 15.8. The number of ether oxygens (including phenoxy) is 1. The molecule has 21 heavy (non-hydrogen) atoms. The van der Waals surface area contributed by atoms with E-state index in [1.807, 2.05) is 0 Å². The lowest BCUT2D eigenvalue weighted by atomic mass is 10.2. The second kappa shape index (κ2) is 7.42. The number of nitrogens with zero attached hydrogens (tertiary/aromatic N) is 3. The second-order valence-electron chi connectivity index (χ2n) is 4.94. The van der Waals surface area contributed by atoms with E-state index in [9.17, 15) is 13.6 Å². The van der Waals surface area contributed by atoms with Crippen LogP contribution in [0.1, 0.15) is 16.8 Å². The van der Waals surface area contributed by atoms with E-state index in [2.05, 4.69) is 9.88 Å². The molecule has 1 aliphatic rings. The Bertz CT molecular complexity index is 499. The van der Waals surface area contributed by atoms with Gasteiger partial charge in [0.1, 0.15) is 0 Å². The number of carbonyl (C=O) groups is 1. The molecular weight excluding hydrogens is 280 g/mol. The third-order valence-electron chi connectivity index (χ3n) is 3.56. The minimum Gasteiger partial charge on any atom is -0.383 e. The summed E-state index contributed by atoms with van der Waals surface area (Å²) in [6.07, 6.45) is 1.90. The van der Waals surface area contributed by atoms with Crippen LogP contribution in [-0.2, 0) is 4.74 Å². The molecule has 2 heterocycles. The Morgan fingerprint density at radius 1 is 1.33 bits per heavy atom. The van der Waals surface area contributed by atoms with Crippen molar-refractivity contribution in [1.29, 1.82) is 0 Å². The van der Waals surface area contributed by atoms with Crippen molar-refractivity contribution in [2.75, 3.05) is 46.4 Å². The summed E-state index contributed by atoms with van der Waals surface area (Å²) in [7, 11) is 1.65. The third-order valence-corrected chi connectivity index (χ3v) is 3.56. The van der Waals surface area contributed by atoms with E-state index in [0.717, 1.165) is 25.7 Å². The fourth-order valence-corrected chi connectivity index (χ4v) is 2.37. The number of amides is 1. The number of methoxy groups -OCH3 is 1. The Morgan fingerprint density at radius 2 is 2.14 bits per heavy atom. The molecule has 0 aromatic carbocycles. The van der Waals surface area contributed by atoms with Crippen LogP contribution in [-0.4, -0.2) is 67.1 Å². The molecule has 0 atom stereocenters. The fourth-order valence-electron chi connectivity index (χ4n) is 2.37. The van der Waals surface area contributed by atoms with E-state index < -0.39 is 17.7 Å². The van der Waals surface area contributed by atoms with Crippen LogP contribution in [0.15, 0.2) is 12.3 Å². The molecule has 0 spiro atoms. The molecule has 116 valence electrons. The number of pyridine rings is 1. The van der Waals surface area contributed by atoms with E-state index >= 15 is 0 Å². The normalized spacial score (nSPS) is 16.8. The van der Waals surface area contributed by atoms with Crippen LogP contribution >= 0.6 is 0 Å². The van der Waals surface area contributed by atoms with Gasteiger partial charge in [0.05, 0.1) is 12.2 Å². The molecule has 2 rings (SSSR count). The van der Waals surface area contributed by atoms with Gasteiger partial charge in [-0.1, -0.05) is 0 Å². The van der Waals surface area contributed by atoms with Crippen molar-refractivity contribution in [2.45, 2.75) is 6.42 Å². The van der Waals surface area contributed by atoms with Gasteiger partial charge in [-0.25, -0.2) is 9.37 Å². The molecule has 1 amide bonds. The van der Waals surface area contributed by atoms with Gasteiger partial charge in [0, 0.05) is 39.5 Å². The van der Waals surface area contributed by atoms with Gasteiger partial charge in [-0.2, -0.15) is 4.39 Å². The first-order valence-electron chi connectivity index (χ1n) is 6.94. The highest BCUT2D eigenvalue weighted by Gasteiger charge is 2.24. The van der Waals surface area contributed by atoms with Crippen LogP contribution in [0.4, 0.5) is 8.78 Å². The highest BCUT2D eigenvalue weighted by Crippen LogP contribution is 2.13. The number of aromatic nitrogens is 1. The SMILES string of the molecule is COCCN1CCCN(C(=O)c2ccnc(F)c2F)CC1. The molecule has 1 fully saturated rings. The molecule has 0 unspecified atom stereocenters. The molecule has 1 saturated heterocycles. The molecule has 1 aromatic heterocycles. The molecule has 7 heteroatoms. The molecule has 1 aromatic rings. The summed E-state index contributed by atoms with van der Waals surface area (Å²) >= 11 is 0. The zero-order valence-electron chi connectivity index (χ0n) is 12.0. The van der Waals surface area contributed by atoms with Crippen LogP contribution in [0.5, 0.6) is 0 Å². The maximum absolute atomic E-state index is 13.6. The Hall–Kier alpha value is -1.60. The summed E-state index contributed by atoms with van der Waals surface area (Å²) < 4.78 is 31.8. The predicted molar refractivity (Wildman–Crippen MR) is 73.0 cm³/mol. The van der Waals surface area contributed by atoms with Crippen molar-refractivity contribution in [3.63, 3.8) is 0 Å². The van der Waals surface area contributed by atoms with Gasteiger partial charge >= 0.3 is 0 Å².